The molecule has 0 unspecified atom stereocenters. The number of nitrogens with zero attached hydrogens (tertiary/aromatic N) is 5. The smallest absolute Gasteiger partial charge is 0.222 e. The van der Waals surface area contributed by atoms with Crippen LogP contribution in [0, 0.1) is 11.8 Å². The summed E-state index contributed by atoms with van der Waals surface area (Å²) in [6.07, 6.45) is 6.61. The third-order valence-electron chi connectivity index (χ3n) is 8.09. The molecule has 5 rings (SSSR count). The fourth-order valence-electron chi connectivity index (χ4n) is 6.03. The lowest BCUT2D eigenvalue weighted by Gasteiger charge is -2.36. The van der Waals surface area contributed by atoms with E-state index in [4.69, 9.17) is 22.4 Å². The molecule has 4 heterocycles. The van der Waals surface area contributed by atoms with Gasteiger partial charge in [-0.1, -0.05) is 29.5 Å². The zero-order valence-electron chi connectivity index (χ0n) is 22.5. The van der Waals surface area contributed by atoms with Crippen LogP contribution in [0.4, 0.5) is 0 Å². The first-order valence-corrected chi connectivity index (χ1v) is 16.0. The van der Waals surface area contributed by atoms with Gasteiger partial charge in [-0.25, -0.2) is 8.42 Å². The van der Waals surface area contributed by atoms with Gasteiger partial charge in [-0.15, -0.1) is 0 Å². The van der Waals surface area contributed by atoms with Crippen LogP contribution in [-0.4, -0.2) is 89.8 Å². The molecule has 2 fully saturated rings. The van der Waals surface area contributed by atoms with Gasteiger partial charge >= 0.3 is 0 Å². The fourth-order valence-corrected chi connectivity index (χ4v) is 6.99. The van der Waals surface area contributed by atoms with Crippen molar-refractivity contribution in [3.8, 4) is 23.1 Å². The van der Waals surface area contributed by atoms with Gasteiger partial charge in [-0.3, -0.25) is 9.48 Å². The van der Waals surface area contributed by atoms with Crippen LogP contribution in [-0.2, 0) is 34.3 Å². The van der Waals surface area contributed by atoms with E-state index in [9.17, 15) is 13.2 Å². The zero-order chi connectivity index (χ0) is 27.6. The van der Waals surface area contributed by atoms with Gasteiger partial charge in [-0.2, -0.15) is 9.40 Å². The van der Waals surface area contributed by atoms with Gasteiger partial charge in [0.2, 0.25) is 15.9 Å². The molecule has 11 heteroatoms. The van der Waals surface area contributed by atoms with Crippen molar-refractivity contribution in [2.24, 2.45) is 5.73 Å². The first-order chi connectivity index (χ1) is 18.7. The van der Waals surface area contributed by atoms with E-state index in [0.29, 0.717) is 48.5 Å². The lowest BCUT2D eigenvalue weighted by atomic mass is 10.0. The van der Waals surface area contributed by atoms with Crippen molar-refractivity contribution in [2.45, 2.75) is 57.7 Å². The Labute approximate surface area is 236 Å². The minimum Gasteiger partial charge on any atom is -0.340 e. The number of halogens is 1. The zero-order valence-corrected chi connectivity index (χ0v) is 24.1. The second-order valence-corrected chi connectivity index (χ2v) is 13.1. The summed E-state index contributed by atoms with van der Waals surface area (Å²) in [5.74, 6) is 6.20. The minimum atomic E-state index is -3.32. The largest absolute Gasteiger partial charge is 0.340 e. The van der Waals surface area contributed by atoms with E-state index in [2.05, 4.69) is 26.3 Å². The quantitative estimate of drug-likeness (QED) is 0.511. The Morgan fingerprint density at radius 1 is 1.13 bits per heavy atom. The van der Waals surface area contributed by atoms with E-state index in [0.717, 1.165) is 80.9 Å². The fraction of sp³-hybridized carbons (Fsp3) is 0.571. The standard InChI is InChI=1S/C28H37ClN6O3S/c1-39(37,38)33-18-11-26-24(20-33)28(22-7-8-25(29)21(19-22)5-2-12-30)31-35(26)15-4-13-32-16-9-23(10-17-32)34-14-3-6-27(34)36/h7-8,19,23H,3-4,6,9-18,20,30H2,1H3. The van der Waals surface area contributed by atoms with E-state index < -0.39 is 10.0 Å². The molecule has 2 aromatic rings. The molecule has 0 bridgehead atoms. The molecule has 210 valence electrons. The number of carbonyl (C=O) groups is 1. The van der Waals surface area contributed by atoms with Crippen LogP contribution in [0.25, 0.3) is 11.3 Å². The molecule has 9 nitrogen and oxygen atoms in total. The predicted octanol–water partition coefficient (Wildman–Crippen LogP) is 2.31. The molecule has 3 aliphatic rings. The van der Waals surface area contributed by atoms with Crippen molar-refractivity contribution in [1.29, 1.82) is 0 Å². The maximum absolute atomic E-state index is 12.4. The van der Waals surface area contributed by atoms with Crippen LogP contribution in [0.5, 0.6) is 0 Å². The Hall–Kier alpha value is -2.42. The monoisotopic (exact) mass is 572 g/mol. The number of hydrogen-bond donors (Lipinski definition) is 1. The third-order valence-corrected chi connectivity index (χ3v) is 9.66. The SMILES string of the molecule is CS(=O)(=O)N1CCc2c(c(-c3ccc(Cl)c(C#CCN)c3)nn2CCCN2CCC(N3CCCC3=O)CC2)C1. The minimum absolute atomic E-state index is 0.238. The van der Waals surface area contributed by atoms with Crippen LogP contribution in [0.2, 0.25) is 5.02 Å². The topological polar surface area (TPSA) is 105 Å². The maximum Gasteiger partial charge on any atom is 0.222 e. The summed E-state index contributed by atoms with van der Waals surface area (Å²) in [6, 6.07) is 6.03. The molecule has 2 saturated heterocycles. The maximum atomic E-state index is 12.4. The molecule has 3 aliphatic heterocycles. The summed E-state index contributed by atoms with van der Waals surface area (Å²) in [5.41, 5.74) is 9.92. The summed E-state index contributed by atoms with van der Waals surface area (Å²) in [6.45, 7) is 5.67. The number of nitrogens with two attached hydrogens (primary N) is 1. The number of aromatic nitrogens is 2. The van der Waals surface area contributed by atoms with Gasteiger partial charge in [0, 0.05) is 80.5 Å². The molecule has 1 aromatic heterocycles. The van der Waals surface area contributed by atoms with Crippen molar-refractivity contribution < 1.29 is 13.2 Å². The molecule has 1 aromatic carbocycles. The first kappa shape index (κ1) is 28.1. The summed E-state index contributed by atoms with van der Waals surface area (Å²) < 4.78 is 28.3. The third kappa shape index (κ3) is 6.34. The van der Waals surface area contributed by atoms with Gasteiger partial charge in [0.15, 0.2) is 0 Å². The van der Waals surface area contributed by atoms with Gasteiger partial charge < -0.3 is 15.5 Å². The number of carbonyl (C=O) groups excluding carboxylic acids is 1. The van der Waals surface area contributed by atoms with Crippen molar-refractivity contribution in [3.05, 3.63) is 40.0 Å². The van der Waals surface area contributed by atoms with Crippen LogP contribution in [0.15, 0.2) is 18.2 Å². The van der Waals surface area contributed by atoms with Gasteiger partial charge in [0.05, 0.1) is 23.5 Å². The Morgan fingerprint density at radius 2 is 1.92 bits per heavy atom. The number of sulfonamides is 1. The highest BCUT2D eigenvalue weighted by Crippen LogP contribution is 2.33. The van der Waals surface area contributed by atoms with Crippen molar-refractivity contribution in [2.75, 3.05) is 45.5 Å². The number of amides is 1. The highest BCUT2D eigenvalue weighted by atomic mass is 35.5. The summed E-state index contributed by atoms with van der Waals surface area (Å²) >= 11 is 6.37. The Bertz CT molecular complexity index is 1390. The van der Waals surface area contributed by atoms with Gasteiger partial charge in [0.1, 0.15) is 0 Å². The normalized spacial score (nSPS) is 19.3. The lowest BCUT2D eigenvalue weighted by Crippen LogP contribution is -2.45. The number of aryl methyl sites for hydroxylation is 1. The molecule has 1 amide bonds. The van der Waals surface area contributed by atoms with Crippen molar-refractivity contribution in [1.82, 2.24) is 23.9 Å². The van der Waals surface area contributed by atoms with E-state index >= 15 is 0 Å². The van der Waals surface area contributed by atoms with Crippen molar-refractivity contribution >= 4 is 27.5 Å². The number of rotatable bonds is 7. The van der Waals surface area contributed by atoms with Crippen LogP contribution in [0.3, 0.4) is 0 Å². The Kier molecular flexibility index (Phi) is 8.64. The summed E-state index contributed by atoms with van der Waals surface area (Å²) in [7, 11) is -3.32. The molecule has 0 saturated carbocycles. The van der Waals surface area contributed by atoms with Crippen molar-refractivity contribution in [3.63, 3.8) is 0 Å². The average molecular weight is 573 g/mol. The molecule has 2 N–H and O–H groups in total. The van der Waals surface area contributed by atoms with Crippen LogP contribution in [0.1, 0.15) is 48.9 Å². The highest BCUT2D eigenvalue weighted by molar-refractivity contribution is 7.88. The molecular formula is C28H37ClN6O3S. The molecule has 0 aliphatic carbocycles. The summed E-state index contributed by atoms with van der Waals surface area (Å²) in [4.78, 5) is 16.7. The van der Waals surface area contributed by atoms with E-state index in [1.807, 2.05) is 12.1 Å². The Balaban J connectivity index is 1.30. The number of hydrogen-bond acceptors (Lipinski definition) is 6. The van der Waals surface area contributed by atoms with E-state index in [1.165, 1.54) is 10.6 Å². The van der Waals surface area contributed by atoms with Crippen LogP contribution < -0.4 is 5.73 Å². The number of benzene rings is 1. The van der Waals surface area contributed by atoms with Gasteiger partial charge in [-0.05, 0) is 44.4 Å². The number of piperidine rings is 1. The Morgan fingerprint density at radius 3 is 2.62 bits per heavy atom. The first-order valence-electron chi connectivity index (χ1n) is 13.8. The highest BCUT2D eigenvalue weighted by Gasteiger charge is 2.32. The predicted molar refractivity (Wildman–Crippen MR) is 153 cm³/mol. The molecule has 39 heavy (non-hydrogen) atoms. The second kappa shape index (κ2) is 12.0. The van der Waals surface area contributed by atoms with E-state index in [1.54, 1.807) is 6.07 Å². The summed E-state index contributed by atoms with van der Waals surface area (Å²) in [5, 5.41) is 5.55. The molecule has 0 spiro atoms. The van der Waals surface area contributed by atoms with Gasteiger partial charge in [0.25, 0.3) is 0 Å². The molecule has 0 atom stereocenters. The molecule has 0 radical (unpaired) electrons. The second-order valence-electron chi connectivity index (χ2n) is 10.7. The average Bonchev–Trinajstić information content (AvgIpc) is 3.51. The molecular weight excluding hydrogens is 536 g/mol. The van der Waals surface area contributed by atoms with E-state index in [-0.39, 0.29) is 6.54 Å². The van der Waals surface area contributed by atoms with Crippen LogP contribution >= 0.6 is 11.6 Å². The lowest BCUT2D eigenvalue weighted by molar-refractivity contribution is -0.130. The number of likely N-dealkylation sites (tertiary alicyclic amines) is 2. The number of fused-ring (bicyclic) bond motifs is 1.